The van der Waals surface area contributed by atoms with E-state index in [1.54, 1.807) is 24.3 Å². The number of carbonyl (C=O) groups excluding carboxylic acids is 2. The fourth-order valence-corrected chi connectivity index (χ4v) is 1.64. The van der Waals surface area contributed by atoms with Gasteiger partial charge in [0.25, 0.3) is 0 Å². The Morgan fingerprint density at radius 2 is 1.62 bits per heavy atom. The Bertz CT molecular complexity index is 660. The summed E-state index contributed by atoms with van der Waals surface area (Å²) in [6.07, 6.45) is 0. The fraction of sp³-hybridized carbons (Fsp3) is 0.0667. The largest absolute Gasteiger partial charge is 0.344 e. The van der Waals surface area contributed by atoms with Crippen LogP contribution < -0.4 is 10.6 Å². The van der Waals surface area contributed by atoms with Crippen molar-refractivity contribution in [1.82, 2.24) is 5.32 Å². The smallest absolute Gasteiger partial charge is 0.313 e. The van der Waals surface area contributed by atoms with Crippen molar-refractivity contribution in [2.45, 2.75) is 6.54 Å². The Morgan fingerprint density at radius 1 is 0.905 bits per heavy atom. The Hall–Kier alpha value is -2.76. The second-order valence-corrected chi connectivity index (χ2v) is 4.22. The zero-order chi connectivity index (χ0) is 15.2. The van der Waals surface area contributed by atoms with Gasteiger partial charge < -0.3 is 10.6 Å². The van der Waals surface area contributed by atoms with Crippen LogP contribution in [0.15, 0.2) is 48.5 Å². The molecule has 2 amide bonds. The summed E-state index contributed by atoms with van der Waals surface area (Å²) in [5, 5.41) is 4.41. The van der Waals surface area contributed by atoms with Crippen molar-refractivity contribution < 1.29 is 18.4 Å². The van der Waals surface area contributed by atoms with Gasteiger partial charge >= 0.3 is 11.8 Å². The molecule has 2 N–H and O–H groups in total. The minimum atomic E-state index is -1.21. The molecule has 0 fully saturated rings. The van der Waals surface area contributed by atoms with Crippen LogP contribution in [0.4, 0.5) is 14.5 Å². The van der Waals surface area contributed by atoms with Crippen LogP contribution in [0.25, 0.3) is 0 Å². The predicted molar refractivity (Wildman–Crippen MR) is 73.3 cm³/mol. The first-order valence-electron chi connectivity index (χ1n) is 6.15. The first-order chi connectivity index (χ1) is 10.1. The zero-order valence-electron chi connectivity index (χ0n) is 10.9. The normalized spacial score (nSPS) is 10.0. The van der Waals surface area contributed by atoms with Crippen LogP contribution >= 0.6 is 0 Å². The molecule has 0 heterocycles. The fourth-order valence-electron chi connectivity index (χ4n) is 1.64. The molecule has 0 saturated carbocycles. The number of anilines is 1. The molecular formula is C15H12F2N2O2. The number of benzene rings is 2. The maximum absolute atomic E-state index is 13.4. The lowest BCUT2D eigenvalue weighted by molar-refractivity contribution is -0.136. The molecule has 4 nitrogen and oxygen atoms in total. The van der Waals surface area contributed by atoms with Crippen LogP contribution in [-0.4, -0.2) is 11.8 Å². The first-order valence-corrected chi connectivity index (χ1v) is 6.15. The van der Waals surface area contributed by atoms with Gasteiger partial charge in [-0.2, -0.15) is 0 Å². The monoisotopic (exact) mass is 290 g/mol. The van der Waals surface area contributed by atoms with Crippen LogP contribution in [-0.2, 0) is 16.1 Å². The van der Waals surface area contributed by atoms with Gasteiger partial charge in [-0.15, -0.1) is 0 Å². The number of rotatable bonds is 3. The van der Waals surface area contributed by atoms with E-state index in [4.69, 9.17) is 0 Å². The van der Waals surface area contributed by atoms with E-state index >= 15 is 0 Å². The van der Waals surface area contributed by atoms with Gasteiger partial charge in [-0.05, 0) is 17.7 Å². The maximum atomic E-state index is 13.4. The summed E-state index contributed by atoms with van der Waals surface area (Å²) in [5.74, 6) is -4.29. The summed E-state index contributed by atoms with van der Waals surface area (Å²) in [6, 6.07) is 12.3. The van der Waals surface area contributed by atoms with Gasteiger partial charge in [0.15, 0.2) is 11.6 Å². The summed E-state index contributed by atoms with van der Waals surface area (Å²) in [5.41, 5.74) is 0.436. The Labute approximate surface area is 119 Å². The molecular weight excluding hydrogens is 278 g/mol. The quantitative estimate of drug-likeness (QED) is 0.852. The van der Waals surface area contributed by atoms with Gasteiger partial charge in [-0.1, -0.05) is 36.4 Å². The zero-order valence-corrected chi connectivity index (χ0v) is 10.9. The second kappa shape index (κ2) is 6.60. The summed E-state index contributed by atoms with van der Waals surface area (Å²) in [6.45, 7) is 0.165. The lowest BCUT2D eigenvalue weighted by Gasteiger charge is -2.07. The average molecular weight is 290 g/mol. The van der Waals surface area contributed by atoms with Crippen molar-refractivity contribution in [2.24, 2.45) is 0 Å². The minimum Gasteiger partial charge on any atom is -0.344 e. The lowest BCUT2D eigenvalue weighted by Crippen LogP contribution is -2.35. The number of hydrogen-bond acceptors (Lipinski definition) is 2. The van der Waals surface area contributed by atoms with E-state index in [0.29, 0.717) is 0 Å². The molecule has 2 aromatic rings. The van der Waals surface area contributed by atoms with Crippen LogP contribution in [0.3, 0.4) is 0 Å². The molecule has 0 saturated heterocycles. The molecule has 0 aliphatic rings. The van der Waals surface area contributed by atoms with E-state index in [2.05, 4.69) is 5.32 Å². The molecule has 21 heavy (non-hydrogen) atoms. The molecule has 0 bridgehead atoms. The second-order valence-electron chi connectivity index (χ2n) is 4.22. The summed E-state index contributed by atoms with van der Waals surface area (Å²) in [4.78, 5) is 23.2. The van der Waals surface area contributed by atoms with Gasteiger partial charge in [0.2, 0.25) is 0 Å². The van der Waals surface area contributed by atoms with Gasteiger partial charge in [-0.3, -0.25) is 9.59 Å². The third-order valence-electron chi connectivity index (χ3n) is 2.70. The predicted octanol–water partition coefficient (Wildman–Crippen LogP) is 2.22. The summed E-state index contributed by atoms with van der Waals surface area (Å²) < 4.78 is 26.3. The molecule has 6 heteroatoms. The van der Waals surface area contributed by atoms with Crippen molar-refractivity contribution >= 4 is 17.5 Å². The van der Waals surface area contributed by atoms with E-state index in [9.17, 15) is 18.4 Å². The molecule has 0 atom stereocenters. The van der Waals surface area contributed by atoms with E-state index in [1.165, 1.54) is 12.1 Å². The molecule has 2 aromatic carbocycles. The molecule has 0 aliphatic carbocycles. The molecule has 108 valence electrons. The highest BCUT2D eigenvalue weighted by Gasteiger charge is 2.16. The number of halogens is 2. The number of nitrogens with one attached hydrogen (secondary N) is 2. The minimum absolute atomic E-state index is 0.165. The highest BCUT2D eigenvalue weighted by molar-refractivity contribution is 6.39. The number of hydrogen-bond donors (Lipinski definition) is 2. The maximum Gasteiger partial charge on any atom is 0.313 e. The van der Waals surface area contributed by atoms with Gasteiger partial charge in [-0.25, -0.2) is 8.78 Å². The van der Waals surface area contributed by atoms with Crippen molar-refractivity contribution in [2.75, 3.05) is 5.32 Å². The third-order valence-corrected chi connectivity index (χ3v) is 2.70. The third kappa shape index (κ3) is 3.85. The Kier molecular flexibility index (Phi) is 4.61. The molecule has 0 aromatic heterocycles. The van der Waals surface area contributed by atoms with E-state index in [0.717, 1.165) is 11.6 Å². The van der Waals surface area contributed by atoms with Gasteiger partial charge in [0, 0.05) is 6.54 Å². The molecule has 0 spiro atoms. The van der Waals surface area contributed by atoms with E-state index < -0.39 is 23.4 Å². The topological polar surface area (TPSA) is 58.2 Å². The van der Waals surface area contributed by atoms with Crippen molar-refractivity contribution in [3.63, 3.8) is 0 Å². The molecule has 0 aliphatic heterocycles. The van der Waals surface area contributed by atoms with Crippen LogP contribution in [0.5, 0.6) is 0 Å². The number of carbonyl (C=O) groups is 2. The molecule has 0 radical (unpaired) electrons. The Morgan fingerprint density at radius 3 is 2.33 bits per heavy atom. The lowest BCUT2D eigenvalue weighted by atomic mass is 10.2. The van der Waals surface area contributed by atoms with E-state index in [1.807, 2.05) is 11.4 Å². The van der Waals surface area contributed by atoms with Gasteiger partial charge in [0.1, 0.15) is 0 Å². The first kappa shape index (κ1) is 14.6. The van der Waals surface area contributed by atoms with Crippen molar-refractivity contribution in [3.8, 4) is 0 Å². The van der Waals surface area contributed by atoms with Crippen molar-refractivity contribution in [1.29, 1.82) is 0 Å². The molecule has 2 rings (SSSR count). The highest BCUT2D eigenvalue weighted by Crippen LogP contribution is 2.16. The van der Waals surface area contributed by atoms with Gasteiger partial charge in [0.05, 0.1) is 5.69 Å². The summed E-state index contributed by atoms with van der Waals surface area (Å²) >= 11 is 0. The summed E-state index contributed by atoms with van der Waals surface area (Å²) in [7, 11) is 0. The van der Waals surface area contributed by atoms with Crippen molar-refractivity contribution in [3.05, 3.63) is 65.7 Å². The Balaban J connectivity index is 1.94. The van der Waals surface area contributed by atoms with Crippen LogP contribution in [0, 0.1) is 11.6 Å². The average Bonchev–Trinajstić information content (AvgIpc) is 2.50. The molecule has 0 unspecified atom stereocenters. The highest BCUT2D eigenvalue weighted by atomic mass is 19.2. The van der Waals surface area contributed by atoms with Crippen LogP contribution in [0.2, 0.25) is 0 Å². The standard InChI is InChI=1S/C15H12F2N2O2/c16-11-7-4-8-12(13(11)17)19-15(21)14(20)18-9-10-5-2-1-3-6-10/h1-8H,9H2,(H,18,20)(H,19,21). The SMILES string of the molecule is O=C(NCc1ccccc1)C(=O)Nc1cccc(F)c1F. The van der Waals surface area contributed by atoms with Crippen LogP contribution in [0.1, 0.15) is 5.56 Å². The van der Waals surface area contributed by atoms with E-state index in [-0.39, 0.29) is 12.2 Å². The number of amides is 2.